The first kappa shape index (κ1) is 11.5. The molecule has 1 saturated heterocycles. The van der Waals surface area contributed by atoms with Crippen LogP contribution >= 0.6 is 15.9 Å². The van der Waals surface area contributed by atoms with Crippen molar-refractivity contribution in [3.05, 3.63) is 34.3 Å². The van der Waals surface area contributed by atoms with Gasteiger partial charge in [0.05, 0.1) is 6.10 Å². The molecule has 1 aliphatic carbocycles. The highest BCUT2D eigenvalue weighted by Gasteiger charge is 2.72. The summed E-state index contributed by atoms with van der Waals surface area (Å²) in [6.07, 6.45) is -4.22. The molecular formula is C11H9BrF3NO. The molecule has 17 heavy (non-hydrogen) atoms. The van der Waals surface area contributed by atoms with Crippen LogP contribution in [-0.4, -0.2) is 12.3 Å². The van der Waals surface area contributed by atoms with Gasteiger partial charge in [-0.2, -0.15) is 18.7 Å². The number of alkyl halides is 3. The van der Waals surface area contributed by atoms with Crippen molar-refractivity contribution < 1.29 is 18.0 Å². The van der Waals surface area contributed by atoms with E-state index in [1.807, 2.05) is 0 Å². The van der Waals surface area contributed by atoms with Crippen LogP contribution in [0.15, 0.2) is 28.7 Å². The van der Waals surface area contributed by atoms with Crippen LogP contribution in [0.4, 0.5) is 13.2 Å². The maximum atomic E-state index is 13.4. The highest BCUT2D eigenvalue weighted by molar-refractivity contribution is 9.10. The van der Waals surface area contributed by atoms with Crippen LogP contribution < -0.4 is 5.48 Å². The fourth-order valence-corrected chi connectivity index (χ4v) is 2.84. The summed E-state index contributed by atoms with van der Waals surface area (Å²) in [7, 11) is 0. The lowest BCUT2D eigenvalue weighted by Crippen LogP contribution is -2.52. The molecule has 0 aromatic heterocycles. The van der Waals surface area contributed by atoms with Crippen molar-refractivity contribution in [2.75, 3.05) is 0 Å². The van der Waals surface area contributed by atoms with Crippen LogP contribution in [0.5, 0.6) is 0 Å². The third-order valence-electron chi connectivity index (χ3n) is 3.39. The Bertz CT molecular complexity index is 464. The molecule has 1 aromatic rings. The lowest BCUT2D eigenvalue weighted by molar-refractivity contribution is -0.222. The van der Waals surface area contributed by atoms with E-state index in [1.165, 1.54) is 12.1 Å². The first-order valence-corrected chi connectivity index (χ1v) is 6.00. The largest absolute Gasteiger partial charge is 0.413 e. The summed E-state index contributed by atoms with van der Waals surface area (Å²) in [5.41, 5.74) is 0.352. The summed E-state index contributed by atoms with van der Waals surface area (Å²) < 4.78 is 40.7. The molecule has 6 heteroatoms. The smallest absolute Gasteiger partial charge is 0.297 e. The standard InChI is InChI=1S/C11H9BrF3NO/c12-7-3-1-2-6(4-7)10(11(13,14)15)8-5-9(8)17-16-10/h1-4,8-9,16H,5H2. The van der Waals surface area contributed by atoms with Gasteiger partial charge < -0.3 is 0 Å². The Morgan fingerprint density at radius 2 is 2.18 bits per heavy atom. The molecule has 2 aliphatic rings. The molecule has 0 spiro atoms. The maximum Gasteiger partial charge on any atom is 0.413 e. The third kappa shape index (κ3) is 1.54. The molecule has 2 nitrogen and oxygen atoms in total. The lowest BCUT2D eigenvalue weighted by Gasteiger charge is -2.33. The van der Waals surface area contributed by atoms with Gasteiger partial charge in [-0.25, -0.2) is 0 Å². The summed E-state index contributed by atoms with van der Waals surface area (Å²) in [6.45, 7) is 0. The SMILES string of the molecule is FC(F)(F)C1(c2cccc(Br)c2)NOC2CC21. The molecule has 3 atom stereocenters. The predicted molar refractivity (Wildman–Crippen MR) is 58.0 cm³/mol. The van der Waals surface area contributed by atoms with Crippen LogP contribution in [0.25, 0.3) is 0 Å². The van der Waals surface area contributed by atoms with E-state index < -0.39 is 17.6 Å². The topological polar surface area (TPSA) is 21.3 Å². The molecule has 3 rings (SSSR count). The number of benzene rings is 1. The monoisotopic (exact) mass is 307 g/mol. The minimum atomic E-state index is -4.37. The molecule has 0 amide bonds. The van der Waals surface area contributed by atoms with Crippen LogP contribution in [0.3, 0.4) is 0 Å². The average Bonchev–Trinajstić information content (AvgIpc) is 2.90. The van der Waals surface area contributed by atoms with E-state index in [4.69, 9.17) is 4.84 Å². The van der Waals surface area contributed by atoms with E-state index in [0.29, 0.717) is 10.9 Å². The first-order chi connectivity index (χ1) is 7.95. The minimum Gasteiger partial charge on any atom is -0.297 e. The Kier molecular flexibility index (Phi) is 2.34. The van der Waals surface area contributed by atoms with Gasteiger partial charge in [-0.15, -0.1) is 0 Å². The molecule has 92 valence electrons. The Labute approximate surface area is 104 Å². The zero-order valence-electron chi connectivity index (χ0n) is 8.59. The summed E-state index contributed by atoms with van der Waals surface area (Å²) in [6, 6.07) is 6.28. The summed E-state index contributed by atoms with van der Waals surface area (Å²) >= 11 is 3.20. The van der Waals surface area contributed by atoms with Crippen LogP contribution in [0.2, 0.25) is 0 Å². The van der Waals surface area contributed by atoms with E-state index >= 15 is 0 Å². The highest BCUT2D eigenvalue weighted by Crippen LogP contribution is 2.59. The quantitative estimate of drug-likeness (QED) is 0.860. The summed E-state index contributed by atoms with van der Waals surface area (Å²) in [5.74, 6) is -0.517. The Hall–Kier alpha value is -0.590. The second-order valence-electron chi connectivity index (χ2n) is 4.42. The Morgan fingerprint density at radius 3 is 2.65 bits per heavy atom. The molecule has 2 fully saturated rings. The van der Waals surface area contributed by atoms with Gasteiger partial charge in [0.15, 0.2) is 5.54 Å². The van der Waals surface area contributed by atoms with Crippen LogP contribution in [0, 0.1) is 5.92 Å². The van der Waals surface area contributed by atoms with Crippen molar-refractivity contribution in [2.45, 2.75) is 24.2 Å². The number of hydrogen-bond donors (Lipinski definition) is 1. The molecule has 0 bridgehead atoms. The number of halogens is 4. The Morgan fingerprint density at radius 1 is 1.41 bits per heavy atom. The normalized spacial score (nSPS) is 35.8. The van der Waals surface area contributed by atoms with Gasteiger partial charge in [0.2, 0.25) is 0 Å². The van der Waals surface area contributed by atoms with Gasteiger partial charge in [-0.05, 0) is 24.1 Å². The second kappa shape index (κ2) is 3.46. The first-order valence-electron chi connectivity index (χ1n) is 5.21. The number of rotatable bonds is 1. The molecule has 1 heterocycles. The number of hydrogen-bond acceptors (Lipinski definition) is 2. The third-order valence-corrected chi connectivity index (χ3v) is 3.88. The number of hydroxylamine groups is 1. The number of nitrogens with one attached hydrogen (secondary N) is 1. The lowest BCUT2D eigenvalue weighted by atomic mass is 9.85. The summed E-state index contributed by atoms with van der Waals surface area (Å²) in [4.78, 5) is 4.98. The zero-order valence-corrected chi connectivity index (χ0v) is 10.2. The minimum absolute atomic E-state index is 0.198. The van der Waals surface area contributed by atoms with E-state index in [9.17, 15) is 13.2 Å². The molecular weight excluding hydrogens is 299 g/mol. The second-order valence-corrected chi connectivity index (χ2v) is 5.33. The van der Waals surface area contributed by atoms with Gasteiger partial charge in [0, 0.05) is 10.4 Å². The van der Waals surface area contributed by atoms with Gasteiger partial charge in [0.25, 0.3) is 0 Å². The molecule has 1 aliphatic heterocycles. The van der Waals surface area contributed by atoms with Gasteiger partial charge in [-0.1, -0.05) is 28.1 Å². The van der Waals surface area contributed by atoms with Gasteiger partial charge in [-0.3, -0.25) is 4.84 Å². The Balaban J connectivity index is 2.12. The van der Waals surface area contributed by atoms with E-state index in [2.05, 4.69) is 21.4 Å². The molecule has 0 radical (unpaired) electrons. The van der Waals surface area contributed by atoms with Crippen molar-refractivity contribution in [3.8, 4) is 0 Å². The fourth-order valence-electron chi connectivity index (χ4n) is 2.44. The van der Waals surface area contributed by atoms with Crippen LogP contribution in [-0.2, 0) is 10.4 Å². The maximum absolute atomic E-state index is 13.4. The number of fused-ring (bicyclic) bond motifs is 1. The molecule has 1 aromatic carbocycles. The van der Waals surface area contributed by atoms with Crippen LogP contribution in [0.1, 0.15) is 12.0 Å². The predicted octanol–water partition coefficient (Wildman–Crippen LogP) is 3.13. The highest BCUT2D eigenvalue weighted by atomic mass is 79.9. The average molecular weight is 308 g/mol. The zero-order chi connectivity index (χ0) is 12.3. The van der Waals surface area contributed by atoms with Crippen molar-refractivity contribution >= 4 is 15.9 Å². The van der Waals surface area contributed by atoms with Crippen molar-refractivity contribution in [1.29, 1.82) is 0 Å². The molecule has 1 saturated carbocycles. The van der Waals surface area contributed by atoms with E-state index in [-0.39, 0.29) is 11.7 Å². The van der Waals surface area contributed by atoms with Gasteiger partial charge in [0.1, 0.15) is 0 Å². The van der Waals surface area contributed by atoms with Gasteiger partial charge >= 0.3 is 6.18 Å². The van der Waals surface area contributed by atoms with E-state index in [1.54, 1.807) is 12.1 Å². The van der Waals surface area contributed by atoms with E-state index in [0.717, 1.165) is 0 Å². The molecule has 3 unspecified atom stereocenters. The fraction of sp³-hybridized carbons (Fsp3) is 0.455. The molecule has 1 N–H and O–H groups in total. The van der Waals surface area contributed by atoms with Crippen molar-refractivity contribution in [1.82, 2.24) is 5.48 Å². The summed E-state index contributed by atoms with van der Waals surface area (Å²) in [5, 5.41) is 0. The van der Waals surface area contributed by atoms with Crippen molar-refractivity contribution in [2.24, 2.45) is 5.92 Å². The van der Waals surface area contributed by atoms with Crippen molar-refractivity contribution in [3.63, 3.8) is 0 Å².